The summed E-state index contributed by atoms with van der Waals surface area (Å²) in [5.74, 6) is -2.06. The molecule has 1 aromatic heterocycles. The van der Waals surface area contributed by atoms with Crippen LogP contribution < -0.4 is 0 Å². The second-order valence-corrected chi connectivity index (χ2v) is 7.41. The largest absolute Gasteiger partial charge is 0.336 e. The van der Waals surface area contributed by atoms with E-state index >= 15 is 0 Å². The Balaban J connectivity index is 1.73. The average molecular weight is 367 g/mol. The number of benzene rings is 1. The van der Waals surface area contributed by atoms with Gasteiger partial charge in [0.05, 0.1) is 0 Å². The highest BCUT2D eigenvalue weighted by Gasteiger charge is 2.32. The van der Waals surface area contributed by atoms with Crippen LogP contribution in [0.2, 0.25) is 0 Å². The fourth-order valence-corrected chi connectivity index (χ4v) is 4.12. The van der Waals surface area contributed by atoms with Gasteiger partial charge in [-0.3, -0.25) is 9.78 Å². The minimum absolute atomic E-state index is 0.00904. The highest BCUT2D eigenvalue weighted by molar-refractivity contribution is 7.89. The molecular weight excluding hydrogens is 352 g/mol. The molecular formula is C16H15F2N3O3S. The van der Waals surface area contributed by atoms with Crippen LogP contribution in [0.5, 0.6) is 0 Å². The van der Waals surface area contributed by atoms with E-state index in [1.165, 1.54) is 17.3 Å². The van der Waals surface area contributed by atoms with Crippen LogP contribution in [0.4, 0.5) is 8.78 Å². The molecule has 2 aromatic rings. The molecule has 6 nitrogen and oxygen atoms in total. The highest BCUT2D eigenvalue weighted by Crippen LogP contribution is 2.22. The van der Waals surface area contributed by atoms with Gasteiger partial charge in [0.15, 0.2) is 0 Å². The Morgan fingerprint density at radius 3 is 2.28 bits per heavy atom. The van der Waals surface area contributed by atoms with E-state index in [9.17, 15) is 22.0 Å². The first kappa shape index (κ1) is 17.4. The number of aromatic nitrogens is 1. The number of amides is 1. The molecule has 9 heteroatoms. The SMILES string of the molecule is O=C(c1ccncc1)N1CCN(S(=O)(=O)c2cc(F)ccc2F)CC1. The molecule has 1 saturated heterocycles. The molecule has 132 valence electrons. The fourth-order valence-electron chi connectivity index (χ4n) is 2.62. The number of piperazine rings is 1. The van der Waals surface area contributed by atoms with Gasteiger partial charge in [-0.2, -0.15) is 4.31 Å². The van der Waals surface area contributed by atoms with Crippen LogP contribution in [0.1, 0.15) is 10.4 Å². The molecule has 0 atom stereocenters. The number of carbonyl (C=O) groups is 1. The second-order valence-electron chi connectivity index (χ2n) is 5.51. The predicted molar refractivity (Wildman–Crippen MR) is 85.3 cm³/mol. The zero-order chi connectivity index (χ0) is 18.0. The van der Waals surface area contributed by atoms with Crippen LogP contribution >= 0.6 is 0 Å². The van der Waals surface area contributed by atoms with Gasteiger partial charge in [-0.1, -0.05) is 0 Å². The van der Waals surface area contributed by atoms with Gasteiger partial charge >= 0.3 is 0 Å². The molecule has 3 rings (SSSR count). The zero-order valence-corrected chi connectivity index (χ0v) is 13.9. The standard InChI is InChI=1S/C16H15F2N3O3S/c17-13-1-2-14(18)15(11-13)25(23,24)21-9-7-20(8-10-21)16(22)12-3-5-19-6-4-12/h1-6,11H,7-10H2. The van der Waals surface area contributed by atoms with E-state index in [2.05, 4.69) is 4.98 Å². The predicted octanol–water partition coefficient (Wildman–Crippen LogP) is 1.51. The third-order valence-electron chi connectivity index (χ3n) is 3.96. The Morgan fingerprint density at radius 1 is 1.00 bits per heavy atom. The van der Waals surface area contributed by atoms with Crippen molar-refractivity contribution in [3.05, 3.63) is 59.9 Å². The quantitative estimate of drug-likeness (QED) is 0.825. The highest BCUT2D eigenvalue weighted by atomic mass is 32.2. The number of nitrogens with zero attached hydrogens (tertiary/aromatic N) is 3. The van der Waals surface area contributed by atoms with Crippen molar-refractivity contribution in [3.8, 4) is 0 Å². The first-order valence-corrected chi connectivity index (χ1v) is 8.98. The molecule has 2 heterocycles. The maximum atomic E-state index is 13.8. The first-order chi connectivity index (χ1) is 11.9. The van der Waals surface area contributed by atoms with Crippen molar-refractivity contribution in [1.82, 2.24) is 14.2 Å². The molecule has 0 unspecified atom stereocenters. The van der Waals surface area contributed by atoms with Crippen molar-refractivity contribution < 1.29 is 22.0 Å². The minimum Gasteiger partial charge on any atom is -0.336 e. The lowest BCUT2D eigenvalue weighted by Gasteiger charge is -2.34. The summed E-state index contributed by atoms with van der Waals surface area (Å²) in [6.07, 6.45) is 3.00. The molecule has 0 radical (unpaired) electrons. The summed E-state index contributed by atoms with van der Waals surface area (Å²) in [4.78, 5) is 17.0. The number of rotatable bonds is 3. The number of hydrogen-bond acceptors (Lipinski definition) is 4. The summed E-state index contributed by atoms with van der Waals surface area (Å²) in [6.45, 7) is 0.346. The van der Waals surface area contributed by atoms with Crippen LogP contribution in [0, 0.1) is 11.6 Å². The summed E-state index contributed by atoms with van der Waals surface area (Å²) in [5.41, 5.74) is 0.461. The van der Waals surface area contributed by atoms with E-state index in [0.29, 0.717) is 11.6 Å². The Hall–Kier alpha value is -2.39. The topological polar surface area (TPSA) is 70.6 Å². The molecule has 1 amide bonds. The van der Waals surface area contributed by atoms with Gasteiger partial charge in [0.25, 0.3) is 5.91 Å². The molecule has 0 spiro atoms. The minimum atomic E-state index is -4.16. The summed E-state index contributed by atoms with van der Waals surface area (Å²) < 4.78 is 53.2. The number of carbonyl (C=O) groups excluding carboxylic acids is 1. The lowest BCUT2D eigenvalue weighted by Crippen LogP contribution is -2.50. The smallest absolute Gasteiger partial charge is 0.254 e. The maximum absolute atomic E-state index is 13.8. The van der Waals surface area contributed by atoms with E-state index in [1.807, 2.05) is 0 Å². The van der Waals surface area contributed by atoms with Crippen LogP contribution in [0.3, 0.4) is 0 Å². The molecule has 25 heavy (non-hydrogen) atoms. The maximum Gasteiger partial charge on any atom is 0.254 e. The first-order valence-electron chi connectivity index (χ1n) is 7.54. The summed E-state index contributed by atoms with van der Waals surface area (Å²) in [7, 11) is -4.16. The van der Waals surface area contributed by atoms with Gasteiger partial charge in [-0.15, -0.1) is 0 Å². The number of halogens is 2. The monoisotopic (exact) mass is 367 g/mol. The van der Waals surface area contributed by atoms with E-state index in [1.54, 1.807) is 12.1 Å². The molecule has 1 aliphatic heterocycles. The molecule has 0 N–H and O–H groups in total. The third kappa shape index (κ3) is 3.52. The van der Waals surface area contributed by atoms with Gasteiger partial charge in [0, 0.05) is 44.1 Å². The lowest BCUT2D eigenvalue weighted by molar-refractivity contribution is 0.0697. The number of pyridine rings is 1. The van der Waals surface area contributed by atoms with Gasteiger partial charge in [-0.25, -0.2) is 17.2 Å². The van der Waals surface area contributed by atoms with Gasteiger partial charge < -0.3 is 4.90 Å². The van der Waals surface area contributed by atoms with E-state index in [-0.39, 0.29) is 32.1 Å². The van der Waals surface area contributed by atoms with Crippen molar-refractivity contribution in [3.63, 3.8) is 0 Å². The van der Waals surface area contributed by atoms with Crippen molar-refractivity contribution in [1.29, 1.82) is 0 Å². The zero-order valence-electron chi connectivity index (χ0n) is 13.1. The fraction of sp³-hybridized carbons (Fsp3) is 0.250. The Bertz CT molecular complexity index is 883. The lowest BCUT2D eigenvalue weighted by atomic mass is 10.2. The van der Waals surface area contributed by atoms with E-state index < -0.39 is 26.6 Å². The van der Waals surface area contributed by atoms with Gasteiger partial charge in [0.2, 0.25) is 10.0 Å². The van der Waals surface area contributed by atoms with E-state index in [4.69, 9.17) is 0 Å². The molecule has 1 fully saturated rings. The molecule has 0 saturated carbocycles. The molecule has 0 bridgehead atoms. The normalized spacial score (nSPS) is 16.0. The summed E-state index contributed by atoms with van der Waals surface area (Å²) >= 11 is 0. The summed E-state index contributed by atoms with van der Waals surface area (Å²) in [5, 5.41) is 0. The molecule has 1 aromatic carbocycles. The second kappa shape index (κ2) is 6.85. The van der Waals surface area contributed by atoms with Crippen LogP contribution in [0.25, 0.3) is 0 Å². The van der Waals surface area contributed by atoms with Gasteiger partial charge in [-0.05, 0) is 30.3 Å². The Morgan fingerprint density at radius 2 is 1.64 bits per heavy atom. The third-order valence-corrected chi connectivity index (χ3v) is 5.88. The number of hydrogen-bond donors (Lipinski definition) is 0. The van der Waals surface area contributed by atoms with Crippen molar-refractivity contribution in [2.45, 2.75) is 4.90 Å². The number of sulfonamides is 1. The molecule has 0 aliphatic carbocycles. The van der Waals surface area contributed by atoms with Crippen molar-refractivity contribution >= 4 is 15.9 Å². The van der Waals surface area contributed by atoms with Gasteiger partial charge in [0.1, 0.15) is 16.5 Å². The Kier molecular flexibility index (Phi) is 4.78. The van der Waals surface area contributed by atoms with Crippen LogP contribution in [0.15, 0.2) is 47.6 Å². The van der Waals surface area contributed by atoms with Crippen molar-refractivity contribution in [2.24, 2.45) is 0 Å². The molecule has 1 aliphatic rings. The summed E-state index contributed by atoms with van der Waals surface area (Å²) in [6, 6.07) is 5.46. The Labute approximate surface area is 143 Å². The van der Waals surface area contributed by atoms with E-state index in [0.717, 1.165) is 16.4 Å². The average Bonchev–Trinajstić information content (AvgIpc) is 2.64. The van der Waals surface area contributed by atoms with Crippen molar-refractivity contribution in [2.75, 3.05) is 26.2 Å². The van der Waals surface area contributed by atoms with Crippen LogP contribution in [-0.4, -0.2) is 54.7 Å². The van der Waals surface area contributed by atoms with Crippen LogP contribution in [-0.2, 0) is 10.0 Å².